The summed E-state index contributed by atoms with van der Waals surface area (Å²) in [5.74, 6) is 1.82. The first kappa shape index (κ1) is 40.1. The molecule has 0 spiro atoms. The molecule has 4 nitrogen and oxygen atoms in total. The second-order valence-corrected chi connectivity index (χ2v) is 19.0. The zero-order chi connectivity index (χ0) is 46.1. The fraction of sp³-hybridized carbons (Fsp3) is 0. The van der Waals surface area contributed by atoms with Crippen LogP contribution in [0.25, 0.3) is 137 Å². The molecule has 0 atom stereocenters. The molecule has 0 bridgehead atoms. The highest BCUT2D eigenvalue weighted by molar-refractivity contribution is 7.25. The van der Waals surface area contributed by atoms with E-state index in [1.165, 1.54) is 58.0 Å². The summed E-state index contributed by atoms with van der Waals surface area (Å²) in [6.07, 6.45) is 0. The molecule has 5 heteroatoms. The maximum Gasteiger partial charge on any atom is 0.164 e. The molecule has 0 amide bonds. The van der Waals surface area contributed by atoms with Crippen molar-refractivity contribution in [2.24, 2.45) is 0 Å². The topological polar surface area (TPSA) is 43.6 Å². The minimum absolute atomic E-state index is 0.599. The SMILES string of the molecule is c1ccc(-c2ccccc2-c2nc(-c3ccccc3-c3ccccc3)nc(-c3ccc(-n4c5cc6ccccc6cc5c5ccc6ccccc6c54)cc3-c3ccc4c(c3)sc3ccccc34)n2)cc1. The minimum Gasteiger partial charge on any atom is -0.309 e. The van der Waals surface area contributed by atoms with Crippen LogP contribution in [-0.4, -0.2) is 19.5 Å². The summed E-state index contributed by atoms with van der Waals surface area (Å²) in [5, 5.41) is 9.79. The van der Waals surface area contributed by atoms with Crippen molar-refractivity contribution in [1.82, 2.24) is 19.5 Å². The van der Waals surface area contributed by atoms with Gasteiger partial charge in [0, 0.05) is 58.7 Å². The number of fused-ring (bicyclic) bond motifs is 9. The monoisotopic (exact) mass is 908 g/mol. The van der Waals surface area contributed by atoms with Crippen LogP contribution < -0.4 is 0 Å². The Labute approximate surface area is 408 Å². The number of rotatable bonds is 7. The molecule has 0 saturated carbocycles. The molecule has 0 aliphatic rings. The Bertz CT molecular complexity index is 4260. The largest absolute Gasteiger partial charge is 0.309 e. The van der Waals surface area contributed by atoms with Gasteiger partial charge in [-0.15, -0.1) is 11.3 Å². The molecule has 0 fully saturated rings. The van der Waals surface area contributed by atoms with E-state index in [9.17, 15) is 0 Å². The van der Waals surface area contributed by atoms with Gasteiger partial charge in [0.25, 0.3) is 0 Å². The van der Waals surface area contributed by atoms with Gasteiger partial charge in [-0.2, -0.15) is 0 Å². The molecule has 0 saturated heterocycles. The minimum atomic E-state index is 0.599. The second-order valence-electron chi connectivity index (χ2n) is 17.9. The van der Waals surface area contributed by atoms with Crippen LogP contribution in [0.2, 0.25) is 0 Å². The van der Waals surface area contributed by atoms with Crippen molar-refractivity contribution in [2.45, 2.75) is 0 Å². The van der Waals surface area contributed by atoms with Crippen LogP contribution in [0.5, 0.6) is 0 Å². The van der Waals surface area contributed by atoms with Crippen molar-refractivity contribution in [2.75, 3.05) is 0 Å². The molecule has 3 heterocycles. The first-order valence-electron chi connectivity index (χ1n) is 23.7. The van der Waals surface area contributed by atoms with Gasteiger partial charge < -0.3 is 4.57 Å². The van der Waals surface area contributed by atoms with Crippen molar-refractivity contribution in [1.29, 1.82) is 0 Å². The van der Waals surface area contributed by atoms with Gasteiger partial charge in [-0.3, -0.25) is 0 Å². The third kappa shape index (κ3) is 6.62. The molecule has 0 N–H and O–H groups in total. The summed E-state index contributed by atoms with van der Waals surface area (Å²) in [7, 11) is 0. The number of thiophene rings is 1. The van der Waals surface area contributed by atoms with E-state index in [2.05, 4.69) is 247 Å². The molecule has 0 aliphatic carbocycles. The van der Waals surface area contributed by atoms with E-state index in [4.69, 9.17) is 15.0 Å². The van der Waals surface area contributed by atoms with Gasteiger partial charge in [0.2, 0.25) is 0 Å². The average Bonchev–Trinajstić information content (AvgIpc) is 3.97. The normalized spacial score (nSPS) is 11.7. The lowest BCUT2D eigenvalue weighted by molar-refractivity contribution is 1.07. The fourth-order valence-corrected chi connectivity index (χ4v) is 11.7. The van der Waals surface area contributed by atoms with E-state index in [0.29, 0.717) is 17.5 Å². The molecule has 326 valence electrons. The van der Waals surface area contributed by atoms with Crippen LogP contribution in [0.4, 0.5) is 0 Å². The Morgan fingerprint density at radius 2 is 0.800 bits per heavy atom. The fourth-order valence-electron chi connectivity index (χ4n) is 10.6. The van der Waals surface area contributed by atoms with Crippen molar-refractivity contribution in [3.05, 3.63) is 243 Å². The van der Waals surface area contributed by atoms with Crippen molar-refractivity contribution < 1.29 is 0 Å². The number of benzene rings is 11. The van der Waals surface area contributed by atoms with Crippen LogP contribution in [0.15, 0.2) is 243 Å². The highest BCUT2D eigenvalue weighted by Crippen LogP contribution is 2.44. The van der Waals surface area contributed by atoms with Gasteiger partial charge in [-0.25, -0.2) is 15.0 Å². The Morgan fingerprint density at radius 3 is 1.47 bits per heavy atom. The maximum absolute atomic E-state index is 5.51. The number of nitrogens with zero attached hydrogens (tertiary/aromatic N) is 4. The van der Waals surface area contributed by atoms with Gasteiger partial charge >= 0.3 is 0 Å². The lowest BCUT2D eigenvalue weighted by Gasteiger charge is -2.17. The third-order valence-electron chi connectivity index (χ3n) is 13.9. The molecular formula is C65H40N4S. The van der Waals surface area contributed by atoms with E-state index >= 15 is 0 Å². The van der Waals surface area contributed by atoms with Gasteiger partial charge in [-0.05, 0) is 92.0 Å². The molecule has 11 aromatic carbocycles. The van der Waals surface area contributed by atoms with Crippen molar-refractivity contribution in [3.63, 3.8) is 0 Å². The van der Waals surface area contributed by atoms with Gasteiger partial charge in [0.15, 0.2) is 17.5 Å². The molecule has 3 aromatic heterocycles. The summed E-state index contributed by atoms with van der Waals surface area (Å²) in [4.78, 5) is 16.4. The van der Waals surface area contributed by atoms with Gasteiger partial charge in [0.05, 0.1) is 11.0 Å². The molecule has 0 radical (unpaired) electrons. The molecule has 14 rings (SSSR count). The van der Waals surface area contributed by atoms with Crippen LogP contribution in [0.1, 0.15) is 0 Å². The van der Waals surface area contributed by atoms with Gasteiger partial charge in [-0.1, -0.05) is 200 Å². The molecule has 70 heavy (non-hydrogen) atoms. The number of aromatic nitrogens is 4. The summed E-state index contributed by atoms with van der Waals surface area (Å²) >= 11 is 1.83. The first-order valence-corrected chi connectivity index (χ1v) is 24.5. The van der Waals surface area contributed by atoms with Crippen LogP contribution in [-0.2, 0) is 0 Å². The Morgan fingerprint density at radius 1 is 0.286 bits per heavy atom. The summed E-state index contributed by atoms with van der Waals surface area (Å²) in [6.45, 7) is 0. The van der Waals surface area contributed by atoms with E-state index < -0.39 is 0 Å². The van der Waals surface area contributed by atoms with Crippen LogP contribution in [0, 0.1) is 0 Å². The van der Waals surface area contributed by atoms with Crippen LogP contribution in [0.3, 0.4) is 0 Å². The van der Waals surface area contributed by atoms with E-state index in [1.807, 2.05) is 11.3 Å². The maximum atomic E-state index is 5.51. The van der Waals surface area contributed by atoms with E-state index in [1.54, 1.807) is 0 Å². The average molecular weight is 909 g/mol. The standard InChI is InChI=1S/C65H40N4S/c1-3-17-41(18-4-1)48-24-11-13-28-54(48)63-66-64(55-29-14-12-25-49(55)42-19-5-2-6-20-42)68-65(67-63)56-36-33-47(40-57(56)46-32-34-52-51-27-15-16-30-60(51)70-61(52)39-46)69-59-38-45-23-8-7-22-44(45)37-58(59)53-35-31-43-21-9-10-26-50(43)62(53)69/h1-40H. The number of hydrogen-bond acceptors (Lipinski definition) is 4. The zero-order valence-corrected chi connectivity index (χ0v) is 38.6. The summed E-state index contributed by atoms with van der Waals surface area (Å²) < 4.78 is 4.98. The predicted octanol–water partition coefficient (Wildman–Crippen LogP) is 17.6. The summed E-state index contributed by atoms with van der Waals surface area (Å²) in [5.41, 5.74) is 12.6. The first-order chi connectivity index (χ1) is 34.7. The molecule has 0 aliphatic heterocycles. The highest BCUT2D eigenvalue weighted by Gasteiger charge is 2.23. The third-order valence-corrected chi connectivity index (χ3v) is 15.0. The van der Waals surface area contributed by atoms with Gasteiger partial charge in [0.1, 0.15) is 0 Å². The molecule has 14 aromatic rings. The van der Waals surface area contributed by atoms with E-state index in [-0.39, 0.29) is 0 Å². The summed E-state index contributed by atoms with van der Waals surface area (Å²) in [6, 6.07) is 87.1. The Hall–Kier alpha value is -9.03. The number of hydrogen-bond donors (Lipinski definition) is 0. The van der Waals surface area contributed by atoms with Crippen molar-refractivity contribution >= 4 is 74.9 Å². The Kier molecular flexibility index (Phi) is 9.36. The Balaban J connectivity index is 1.07. The lowest BCUT2D eigenvalue weighted by Crippen LogP contribution is -2.03. The second kappa shape index (κ2) is 16.3. The predicted molar refractivity (Wildman–Crippen MR) is 295 cm³/mol. The highest BCUT2D eigenvalue weighted by atomic mass is 32.1. The quantitative estimate of drug-likeness (QED) is 0.160. The smallest absolute Gasteiger partial charge is 0.164 e. The van der Waals surface area contributed by atoms with Crippen LogP contribution >= 0.6 is 11.3 Å². The van der Waals surface area contributed by atoms with Crippen molar-refractivity contribution in [3.8, 4) is 73.2 Å². The lowest BCUT2D eigenvalue weighted by atomic mass is 9.96. The van der Waals surface area contributed by atoms with E-state index in [0.717, 1.165) is 61.3 Å². The zero-order valence-electron chi connectivity index (χ0n) is 37.8. The molecule has 0 unspecified atom stereocenters. The molecular weight excluding hydrogens is 869 g/mol.